The molecular formula is C10H12F3NO3. The molecule has 0 spiro atoms. The van der Waals surface area contributed by atoms with Crippen molar-refractivity contribution in [3.63, 3.8) is 0 Å². The number of hydrogen-bond acceptors (Lipinski definition) is 4. The summed E-state index contributed by atoms with van der Waals surface area (Å²) in [5, 5.41) is 8.50. The molecule has 0 saturated heterocycles. The van der Waals surface area contributed by atoms with Gasteiger partial charge in [0, 0.05) is 6.54 Å². The molecule has 17 heavy (non-hydrogen) atoms. The first kappa shape index (κ1) is 13.6. The van der Waals surface area contributed by atoms with Crippen molar-refractivity contribution in [1.29, 1.82) is 0 Å². The SMILES string of the molecule is COc1cc(CNO)cc(C(F)(F)F)c1OC. The average Bonchev–Trinajstić information content (AvgIpc) is 2.27. The van der Waals surface area contributed by atoms with Crippen LogP contribution in [-0.4, -0.2) is 19.4 Å². The predicted molar refractivity (Wildman–Crippen MR) is 53.2 cm³/mol. The van der Waals surface area contributed by atoms with E-state index in [4.69, 9.17) is 14.7 Å². The van der Waals surface area contributed by atoms with Gasteiger partial charge in [-0.25, -0.2) is 5.48 Å². The predicted octanol–water partition coefficient (Wildman–Crippen LogP) is 2.20. The molecule has 0 radical (unpaired) electrons. The van der Waals surface area contributed by atoms with Gasteiger partial charge in [-0.2, -0.15) is 13.2 Å². The molecule has 7 heteroatoms. The van der Waals surface area contributed by atoms with E-state index < -0.39 is 11.7 Å². The molecule has 1 aromatic rings. The number of halogens is 3. The molecule has 4 nitrogen and oxygen atoms in total. The number of ether oxygens (including phenoxy) is 2. The first-order valence-corrected chi connectivity index (χ1v) is 4.63. The highest BCUT2D eigenvalue weighted by Gasteiger charge is 2.36. The quantitative estimate of drug-likeness (QED) is 0.805. The first-order chi connectivity index (χ1) is 7.93. The van der Waals surface area contributed by atoms with Gasteiger partial charge in [-0.15, -0.1) is 0 Å². The van der Waals surface area contributed by atoms with E-state index in [2.05, 4.69) is 0 Å². The fourth-order valence-electron chi connectivity index (χ4n) is 1.43. The molecule has 0 bridgehead atoms. The number of rotatable bonds is 4. The Morgan fingerprint density at radius 3 is 2.29 bits per heavy atom. The summed E-state index contributed by atoms with van der Waals surface area (Å²) in [7, 11) is 2.38. The summed E-state index contributed by atoms with van der Waals surface area (Å²) in [4.78, 5) is 0. The number of hydroxylamine groups is 1. The van der Waals surface area contributed by atoms with Gasteiger partial charge < -0.3 is 14.7 Å². The van der Waals surface area contributed by atoms with Gasteiger partial charge in [0.25, 0.3) is 0 Å². The van der Waals surface area contributed by atoms with Crippen LogP contribution in [0.25, 0.3) is 0 Å². The van der Waals surface area contributed by atoms with Crippen LogP contribution in [0.1, 0.15) is 11.1 Å². The maximum absolute atomic E-state index is 12.8. The van der Waals surface area contributed by atoms with E-state index in [-0.39, 0.29) is 23.6 Å². The van der Waals surface area contributed by atoms with Gasteiger partial charge in [-0.3, -0.25) is 0 Å². The molecule has 1 rings (SSSR count). The van der Waals surface area contributed by atoms with Crippen molar-refractivity contribution >= 4 is 0 Å². The molecule has 0 unspecified atom stereocenters. The maximum Gasteiger partial charge on any atom is 0.420 e. The van der Waals surface area contributed by atoms with E-state index in [1.807, 2.05) is 0 Å². The van der Waals surface area contributed by atoms with Crippen LogP contribution in [0.2, 0.25) is 0 Å². The van der Waals surface area contributed by atoms with Crippen LogP contribution in [-0.2, 0) is 12.7 Å². The molecule has 0 saturated carbocycles. The van der Waals surface area contributed by atoms with Gasteiger partial charge in [0.15, 0.2) is 11.5 Å². The smallest absolute Gasteiger partial charge is 0.420 e. The second kappa shape index (κ2) is 5.24. The van der Waals surface area contributed by atoms with Crippen LogP contribution in [0.4, 0.5) is 13.2 Å². The second-order valence-corrected chi connectivity index (χ2v) is 3.21. The minimum Gasteiger partial charge on any atom is -0.493 e. The first-order valence-electron chi connectivity index (χ1n) is 4.63. The van der Waals surface area contributed by atoms with Gasteiger partial charge in [0.05, 0.1) is 14.2 Å². The van der Waals surface area contributed by atoms with Crippen molar-refractivity contribution in [2.75, 3.05) is 14.2 Å². The van der Waals surface area contributed by atoms with Crippen LogP contribution < -0.4 is 15.0 Å². The van der Waals surface area contributed by atoms with Crippen molar-refractivity contribution in [3.8, 4) is 11.5 Å². The molecule has 0 atom stereocenters. The Kier molecular flexibility index (Phi) is 4.19. The van der Waals surface area contributed by atoms with Gasteiger partial charge in [0.2, 0.25) is 0 Å². The second-order valence-electron chi connectivity index (χ2n) is 3.21. The number of benzene rings is 1. The van der Waals surface area contributed by atoms with E-state index in [9.17, 15) is 13.2 Å². The normalized spacial score (nSPS) is 11.4. The van der Waals surface area contributed by atoms with Crippen molar-refractivity contribution < 1.29 is 27.9 Å². The molecule has 0 aliphatic carbocycles. The topological polar surface area (TPSA) is 50.7 Å². The number of alkyl halides is 3. The van der Waals surface area contributed by atoms with E-state index >= 15 is 0 Å². The summed E-state index contributed by atoms with van der Waals surface area (Å²) in [6.45, 7) is -0.122. The molecule has 0 heterocycles. The summed E-state index contributed by atoms with van der Waals surface area (Å²) in [6.07, 6.45) is -4.55. The largest absolute Gasteiger partial charge is 0.493 e. The minimum absolute atomic E-state index is 0.0347. The highest BCUT2D eigenvalue weighted by atomic mass is 19.4. The highest BCUT2D eigenvalue weighted by molar-refractivity contribution is 5.50. The third-order valence-electron chi connectivity index (χ3n) is 2.13. The summed E-state index contributed by atoms with van der Waals surface area (Å²) >= 11 is 0. The monoisotopic (exact) mass is 251 g/mol. The van der Waals surface area contributed by atoms with Crippen LogP contribution in [0, 0.1) is 0 Å². The lowest BCUT2D eigenvalue weighted by Crippen LogP contribution is -2.12. The van der Waals surface area contributed by atoms with Crippen molar-refractivity contribution in [2.45, 2.75) is 12.7 Å². The maximum atomic E-state index is 12.8. The Morgan fingerprint density at radius 2 is 1.88 bits per heavy atom. The molecule has 1 aromatic carbocycles. The summed E-state index contributed by atoms with van der Waals surface area (Å²) in [5.74, 6) is -0.408. The van der Waals surface area contributed by atoms with Gasteiger partial charge >= 0.3 is 6.18 Å². The molecule has 0 aromatic heterocycles. The fraction of sp³-hybridized carbons (Fsp3) is 0.400. The molecule has 96 valence electrons. The summed E-state index contributed by atoms with van der Waals surface area (Å²) in [6, 6.07) is 2.25. The number of nitrogens with one attached hydrogen (secondary N) is 1. The van der Waals surface area contributed by atoms with Crippen LogP contribution >= 0.6 is 0 Å². The zero-order valence-electron chi connectivity index (χ0n) is 9.26. The third kappa shape index (κ3) is 3.01. The third-order valence-corrected chi connectivity index (χ3v) is 2.13. The fourth-order valence-corrected chi connectivity index (χ4v) is 1.43. The van der Waals surface area contributed by atoms with Gasteiger partial charge in [-0.05, 0) is 17.7 Å². The van der Waals surface area contributed by atoms with E-state index in [1.165, 1.54) is 13.2 Å². The molecule has 0 aliphatic rings. The average molecular weight is 251 g/mol. The van der Waals surface area contributed by atoms with Crippen LogP contribution in [0.3, 0.4) is 0 Å². The number of methoxy groups -OCH3 is 2. The standard InChI is InChI=1S/C10H12F3NO3/c1-16-8-4-6(5-14-15)3-7(9(8)17-2)10(11,12)13/h3-4,14-15H,5H2,1-2H3. The lowest BCUT2D eigenvalue weighted by Gasteiger charge is -2.16. The van der Waals surface area contributed by atoms with E-state index in [0.29, 0.717) is 0 Å². The Balaban J connectivity index is 3.37. The zero-order valence-corrected chi connectivity index (χ0v) is 9.26. The lowest BCUT2D eigenvalue weighted by molar-refractivity contribution is -0.139. The molecule has 0 amide bonds. The van der Waals surface area contributed by atoms with Gasteiger partial charge in [-0.1, -0.05) is 0 Å². The lowest BCUT2D eigenvalue weighted by atomic mass is 10.1. The highest BCUT2D eigenvalue weighted by Crippen LogP contribution is 2.42. The molecular weight excluding hydrogens is 239 g/mol. The Hall–Kier alpha value is -1.47. The molecule has 0 aliphatic heterocycles. The van der Waals surface area contributed by atoms with Crippen molar-refractivity contribution in [2.24, 2.45) is 0 Å². The Labute approximate surface area is 95.9 Å². The minimum atomic E-state index is -4.55. The summed E-state index contributed by atoms with van der Waals surface area (Å²) < 4.78 is 47.8. The van der Waals surface area contributed by atoms with E-state index in [0.717, 1.165) is 13.2 Å². The molecule has 0 fully saturated rings. The molecule has 2 N–H and O–H groups in total. The Bertz CT molecular complexity index is 393. The van der Waals surface area contributed by atoms with Crippen molar-refractivity contribution in [3.05, 3.63) is 23.3 Å². The zero-order chi connectivity index (χ0) is 13.1. The van der Waals surface area contributed by atoms with Crippen LogP contribution in [0.5, 0.6) is 11.5 Å². The Morgan fingerprint density at radius 1 is 1.24 bits per heavy atom. The summed E-state index contributed by atoms with van der Waals surface area (Å²) in [5.41, 5.74) is 1.08. The van der Waals surface area contributed by atoms with Gasteiger partial charge in [0.1, 0.15) is 5.56 Å². The number of hydrogen-bond donors (Lipinski definition) is 2. The van der Waals surface area contributed by atoms with Crippen LogP contribution in [0.15, 0.2) is 12.1 Å². The van der Waals surface area contributed by atoms with E-state index in [1.54, 1.807) is 5.48 Å². The van der Waals surface area contributed by atoms with Crippen molar-refractivity contribution in [1.82, 2.24) is 5.48 Å².